The Labute approximate surface area is 137 Å². The fourth-order valence-corrected chi connectivity index (χ4v) is 5.41. The van der Waals surface area contributed by atoms with Gasteiger partial charge in [0.2, 0.25) is 0 Å². The van der Waals surface area contributed by atoms with Crippen LogP contribution in [0.5, 0.6) is 0 Å². The molecule has 0 radical (unpaired) electrons. The Bertz CT molecular complexity index is 808. The van der Waals surface area contributed by atoms with Crippen LogP contribution in [-0.2, 0) is 20.6 Å². The van der Waals surface area contributed by atoms with E-state index in [1.807, 2.05) is 0 Å². The van der Waals surface area contributed by atoms with Crippen molar-refractivity contribution < 1.29 is 17.4 Å². The summed E-state index contributed by atoms with van der Waals surface area (Å²) in [6.45, 7) is 1.63. The summed E-state index contributed by atoms with van der Waals surface area (Å²) in [5.74, 6) is -1.13. The molecule has 7 nitrogen and oxygen atoms in total. The summed E-state index contributed by atoms with van der Waals surface area (Å²) in [6, 6.07) is 2.70. The summed E-state index contributed by atoms with van der Waals surface area (Å²) >= 11 is 0. The SMILES string of the molecule is Cc1cc(S(=O)C2CCC2)c(S(C)(=O)=O)cc1C(=O)N=C(N)N. The molecule has 0 aliphatic heterocycles. The van der Waals surface area contributed by atoms with E-state index in [9.17, 15) is 17.4 Å². The lowest BCUT2D eigenvalue weighted by atomic mass is 10.00. The van der Waals surface area contributed by atoms with E-state index >= 15 is 0 Å². The summed E-state index contributed by atoms with van der Waals surface area (Å²) in [5.41, 5.74) is 10.9. The Morgan fingerprint density at radius 3 is 2.35 bits per heavy atom. The highest BCUT2D eigenvalue weighted by Gasteiger charge is 2.30. The minimum absolute atomic E-state index is 0.0332. The minimum atomic E-state index is -3.65. The molecular formula is C14H19N3O4S2. The molecule has 0 heterocycles. The molecule has 1 unspecified atom stereocenters. The second-order valence-electron chi connectivity index (χ2n) is 5.58. The monoisotopic (exact) mass is 357 g/mol. The summed E-state index contributed by atoms with van der Waals surface area (Å²) in [7, 11) is -5.07. The third-order valence-electron chi connectivity index (χ3n) is 3.72. The zero-order chi connectivity index (χ0) is 17.4. The van der Waals surface area contributed by atoms with Crippen LogP contribution in [0.2, 0.25) is 0 Å². The van der Waals surface area contributed by atoms with Gasteiger partial charge in [0, 0.05) is 17.1 Å². The topological polar surface area (TPSA) is 133 Å². The van der Waals surface area contributed by atoms with Crippen LogP contribution in [-0.4, -0.2) is 36.0 Å². The number of aliphatic imine (C=N–C) groups is 1. The van der Waals surface area contributed by atoms with Crippen LogP contribution >= 0.6 is 0 Å². The van der Waals surface area contributed by atoms with Crippen molar-refractivity contribution >= 4 is 32.5 Å². The summed E-state index contributed by atoms with van der Waals surface area (Å²) < 4.78 is 36.7. The zero-order valence-electron chi connectivity index (χ0n) is 12.9. The van der Waals surface area contributed by atoms with Crippen LogP contribution in [0.1, 0.15) is 35.2 Å². The van der Waals surface area contributed by atoms with Gasteiger partial charge in [-0.05, 0) is 37.5 Å². The summed E-state index contributed by atoms with van der Waals surface area (Å²) in [4.78, 5) is 15.6. The molecular weight excluding hydrogens is 338 g/mol. The maximum Gasteiger partial charge on any atom is 0.280 e. The average Bonchev–Trinajstić information content (AvgIpc) is 2.33. The second-order valence-corrected chi connectivity index (χ2v) is 9.26. The van der Waals surface area contributed by atoms with Crippen LogP contribution in [0, 0.1) is 6.92 Å². The Morgan fingerprint density at radius 1 is 1.30 bits per heavy atom. The van der Waals surface area contributed by atoms with Crippen molar-refractivity contribution in [1.29, 1.82) is 0 Å². The van der Waals surface area contributed by atoms with E-state index in [0.717, 1.165) is 25.5 Å². The highest BCUT2D eigenvalue weighted by atomic mass is 32.2. The maximum absolute atomic E-state index is 12.6. The van der Waals surface area contributed by atoms with Crippen molar-refractivity contribution in [1.82, 2.24) is 0 Å². The number of guanidine groups is 1. The van der Waals surface area contributed by atoms with Gasteiger partial charge in [0.05, 0.1) is 20.6 Å². The van der Waals surface area contributed by atoms with E-state index in [2.05, 4.69) is 4.99 Å². The predicted molar refractivity (Wildman–Crippen MR) is 88.5 cm³/mol. The van der Waals surface area contributed by atoms with Crippen molar-refractivity contribution in [3.05, 3.63) is 23.3 Å². The zero-order valence-corrected chi connectivity index (χ0v) is 14.5. The lowest BCUT2D eigenvalue weighted by Gasteiger charge is -2.25. The minimum Gasteiger partial charge on any atom is -0.370 e. The quantitative estimate of drug-likeness (QED) is 0.594. The van der Waals surface area contributed by atoms with Gasteiger partial charge in [0.15, 0.2) is 15.8 Å². The van der Waals surface area contributed by atoms with E-state index in [4.69, 9.17) is 11.5 Å². The second kappa shape index (κ2) is 6.40. The number of carbonyl (C=O) groups is 1. The molecule has 0 spiro atoms. The van der Waals surface area contributed by atoms with Gasteiger partial charge < -0.3 is 11.5 Å². The number of sulfone groups is 1. The number of carbonyl (C=O) groups excluding carboxylic acids is 1. The Morgan fingerprint density at radius 2 is 1.91 bits per heavy atom. The molecule has 1 aliphatic rings. The highest BCUT2D eigenvalue weighted by molar-refractivity contribution is 7.92. The van der Waals surface area contributed by atoms with Gasteiger partial charge in [-0.1, -0.05) is 6.42 Å². The number of nitrogens with two attached hydrogens (primary N) is 2. The molecule has 1 saturated carbocycles. The first-order valence-electron chi connectivity index (χ1n) is 7.00. The molecule has 1 aromatic rings. The molecule has 4 N–H and O–H groups in total. The number of hydrogen-bond acceptors (Lipinski definition) is 4. The van der Waals surface area contributed by atoms with Crippen molar-refractivity contribution in [2.45, 2.75) is 41.2 Å². The Kier molecular flexibility index (Phi) is 4.90. The lowest BCUT2D eigenvalue weighted by molar-refractivity contribution is 0.100. The molecule has 2 rings (SSSR count). The standard InChI is InChI=1S/C14H19N3O4S2/c1-8-6-11(22(19)9-4-3-5-9)12(23(2,20)21)7-10(8)13(18)17-14(15)16/h6-7,9H,3-5H2,1-2H3,(H4,15,16,17,18). The molecule has 0 aromatic heterocycles. The van der Waals surface area contributed by atoms with Gasteiger partial charge in [-0.25, -0.2) is 8.42 Å². The smallest absolute Gasteiger partial charge is 0.280 e. The summed E-state index contributed by atoms with van der Waals surface area (Å²) in [6.07, 6.45) is 3.63. The molecule has 23 heavy (non-hydrogen) atoms. The van der Waals surface area contributed by atoms with E-state index in [0.29, 0.717) is 5.56 Å². The van der Waals surface area contributed by atoms with E-state index < -0.39 is 32.5 Å². The van der Waals surface area contributed by atoms with E-state index in [-0.39, 0.29) is 20.6 Å². The molecule has 1 aromatic carbocycles. The first-order chi connectivity index (χ1) is 10.6. The van der Waals surface area contributed by atoms with E-state index in [1.54, 1.807) is 6.92 Å². The fraction of sp³-hybridized carbons (Fsp3) is 0.429. The number of hydrogen-bond donors (Lipinski definition) is 2. The first kappa shape index (κ1) is 17.6. The van der Waals surface area contributed by atoms with Gasteiger partial charge >= 0.3 is 0 Å². The summed E-state index contributed by atoms with van der Waals surface area (Å²) in [5, 5.41) is -0.0332. The van der Waals surface area contributed by atoms with Crippen molar-refractivity contribution in [3.8, 4) is 0 Å². The van der Waals surface area contributed by atoms with Gasteiger partial charge in [0.1, 0.15) is 0 Å². The molecule has 1 atom stereocenters. The predicted octanol–water partition coefficient (Wildman–Crippen LogP) is 0.472. The average molecular weight is 357 g/mol. The van der Waals surface area contributed by atoms with Crippen LogP contribution in [0.3, 0.4) is 0 Å². The Hall–Kier alpha value is -1.74. The largest absolute Gasteiger partial charge is 0.370 e. The van der Waals surface area contributed by atoms with Crippen LogP contribution in [0.4, 0.5) is 0 Å². The van der Waals surface area contributed by atoms with Crippen molar-refractivity contribution in [3.63, 3.8) is 0 Å². The van der Waals surface area contributed by atoms with Crippen LogP contribution in [0.25, 0.3) is 0 Å². The molecule has 0 bridgehead atoms. The van der Waals surface area contributed by atoms with Crippen molar-refractivity contribution in [2.75, 3.05) is 6.26 Å². The third kappa shape index (κ3) is 3.78. The molecule has 9 heteroatoms. The van der Waals surface area contributed by atoms with Gasteiger partial charge in [-0.3, -0.25) is 9.00 Å². The van der Waals surface area contributed by atoms with Crippen LogP contribution in [0.15, 0.2) is 26.9 Å². The molecule has 1 aliphatic carbocycles. The molecule has 1 amide bonds. The van der Waals surface area contributed by atoms with E-state index in [1.165, 1.54) is 12.1 Å². The molecule has 1 fully saturated rings. The molecule has 0 saturated heterocycles. The Balaban J connectivity index is 2.61. The number of rotatable bonds is 4. The fourth-order valence-electron chi connectivity index (χ4n) is 2.28. The van der Waals surface area contributed by atoms with Gasteiger partial charge in [0.25, 0.3) is 5.91 Å². The van der Waals surface area contributed by atoms with Crippen LogP contribution < -0.4 is 11.5 Å². The lowest BCUT2D eigenvalue weighted by Crippen LogP contribution is -2.25. The highest BCUT2D eigenvalue weighted by Crippen LogP contribution is 2.32. The maximum atomic E-state index is 12.6. The van der Waals surface area contributed by atoms with Gasteiger partial charge in [-0.2, -0.15) is 4.99 Å². The third-order valence-corrected chi connectivity index (χ3v) is 6.84. The van der Waals surface area contributed by atoms with Gasteiger partial charge in [-0.15, -0.1) is 0 Å². The number of nitrogens with zero attached hydrogens (tertiary/aromatic N) is 1. The number of amides is 1. The number of benzene rings is 1. The normalized spacial score (nSPS) is 16.4. The van der Waals surface area contributed by atoms with Crippen molar-refractivity contribution in [2.24, 2.45) is 16.5 Å². The first-order valence-corrected chi connectivity index (χ1v) is 10.1. The molecule has 126 valence electrons. The number of aryl methyl sites for hydroxylation is 1.